The number of halogens is 1. The van der Waals surface area contributed by atoms with Gasteiger partial charge >= 0.3 is 0 Å². The smallest absolute Gasteiger partial charge is 0.0831 e. The summed E-state index contributed by atoms with van der Waals surface area (Å²) in [4.78, 5) is 4.18. The van der Waals surface area contributed by atoms with Crippen LogP contribution in [0.4, 0.5) is 0 Å². The van der Waals surface area contributed by atoms with Crippen molar-refractivity contribution in [3.05, 3.63) is 34.3 Å². The molecule has 0 N–H and O–H groups in total. The van der Waals surface area contributed by atoms with Gasteiger partial charge < -0.3 is 4.74 Å². The first-order chi connectivity index (χ1) is 5.74. The number of pyridine rings is 1. The number of aryl methyl sites for hydroxylation is 1. The van der Waals surface area contributed by atoms with Gasteiger partial charge in [-0.1, -0.05) is 0 Å². The van der Waals surface area contributed by atoms with Crippen LogP contribution in [0.5, 0.6) is 0 Å². The van der Waals surface area contributed by atoms with Crippen LogP contribution in [-0.4, -0.2) is 12.1 Å². The molecule has 64 valence electrons. The summed E-state index contributed by atoms with van der Waals surface area (Å²) in [6.45, 7) is 1.96. The summed E-state index contributed by atoms with van der Waals surface area (Å²) in [7, 11) is 1.62. The van der Waals surface area contributed by atoms with Gasteiger partial charge in [0.25, 0.3) is 0 Å². The highest BCUT2D eigenvalue weighted by Crippen LogP contribution is 2.14. The van der Waals surface area contributed by atoms with Gasteiger partial charge in [-0.3, -0.25) is 4.98 Å². The molecule has 2 nitrogen and oxygen atoms in total. The van der Waals surface area contributed by atoms with Gasteiger partial charge in [-0.15, -0.1) is 0 Å². The van der Waals surface area contributed by atoms with Crippen LogP contribution < -0.4 is 0 Å². The van der Waals surface area contributed by atoms with Crippen LogP contribution >= 0.6 is 15.9 Å². The van der Waals surface area contributed by atoms with E-state index in [2.05, 4.69) is 20.9 Å². The zero-order valence-corrected chi connectivity index (χ0v) is 8.63. The third kappa shape index (κ3) is 2.34. The fraction of sp³-hybridized carbons (Fsp3) is 0.222. The lowest BCUT2D eigenvalue weighted by Gasteiger charge is -1.98. The van der Waals surface area contributed by atoms with Crippen LogP contribution in [0.2, 0.25) is 0 Å². The average molecular weight is 228 g/mol. The van der Waals surface area contributed by atoms with Gasteiger partial charge in [-0.25, -0.2) is 0 Å². The van der Waals surface area contributed by atoms with Crippen molar-refractivity contribution in [2.75, 3.05) is 7.11 Å². The molecule has 0 aliphatic carbocycles. The first-order valence-electron chi connectivity index (χ1n) is 3.55. The molecule has 0 fully saturated rings. The minimum absolute atomic E-state index is 0.976. The largest absolute Gasteiger partial charge is 0.504 e. The predicted octanol–water partition coefficient (Wildman–Crippen LogP) is 2.77. The van der Waals surface area contributed by atoms with Crippen LogP contribution in [0.15, 0.2) is 23.0 Å². The zero-order valence-electron chi connectivity index (χ0n) is 7.04. The Labute approximate surface area is 80.4 Å². The number of methoxy groups -OCH3 is 1. The van der Waals surface area contributed by atoms with Crippen molar-refractivity contribution in [1.29, 1.82) is 0 Å². The molecule has 0 spiro atoms. The topological polar surface area (TPSA) is 22.1 Å². The van der Waals surface area contributed by atoms with E-state index in [0.29, 0.717) is 0 Å². The molecule has 0 saturated carbocycles. The molecule has 1 aromatic heterocycles. The van der Waals surface area contributed by atoms with Gasteiger partial charge in [0.15, 0.2) is 0 Å². The summed E-state index contributed by atoms with van der Waals surface area (Å²) in [6, 6.07) is 2.00. The van der Waals surface area contributed by atoms with Gasteiger partial charge in [0.05, 0.1) is 13.4 Å². The highest BCUT2D eigenvalue weighted by atomic mass is 79.9. The Hall–Kier alpha value is -0.830. The summed E-state index contributed by atoms with van der Waals surface area (Å²) < 4.78 is 5.79. The molecule has 0 amide bonds. The zero-order chi connectivity index (χ0) is 8.97. The molecule has 1 aromatic rings. The average Bonchev–Trinajstić information content (AvgIpc) is 2.07. The number of nitrogens with zero attached hydrogens (tertiary/aromatic N) is 1. The lowest BCUT2D eigenvalue weighted by Crippen LogP contribution is -1.85. The van der Waals surface area contributed by atoms with Crippen molar-refractivity contribution in [2.24, 2.45) is 0 Å². The van der Waals surface area contributed by atoms with E-state index in [9.17, 15) is 0 Å². The van der Waals surface area contributed by atoms with E-state index in [1.165, 1.54) is 0 Å². The van der Waals surface area contributed by atoms with E-state index in [1.54, 1.807) is 19.6 Å². The van der Waals surface area contributed by atoms with Crippen molar-refractivity contribution < 1.29 is 4.74 Å². The summed E-state index contributed by atoms with van der Waals surface area (Å²) in [5.41, 5.74) is 2.05. The fourth-order valence-electron chi connectivity index (χ4n) is 0.833. The Morgan fingerprint density at radius 1 is 1.58 bits per heavy atom. The van der Waals surface area contributed by atoms with E-state index in [0.717, 1.165) is 15.7 Å². The minimum Gasteiger partial charge on any atom is -0.504 e. The van der Waals surface area contributed by atoms with Crippen LogP contribution in [-0.2, 0) is 4.74 Å². The molecule has 1 heterocycles. The minimum atomic E-state index is 0.976. The second-order valence-corrected chi connectivity index (χ2v) is 3.28. The van der Waals surface area contributed by atoms with E-state index < -0.39 is 0 Å². The third-order valence-corrected chi connectivity index (χ3v) is 1.91. The molecule has 0 atom stereocenters. The molecule has 12 heavy (non-hydrogen) atoms. The van der Waals surface area contributed by atoms with E-state index in [4.69, 9.17) is 4.74 Å². The summed E-state index contributed by atoms with van der Waals surface area (Å²) in [5, 5.41) is 0. The number of aromatic nitrogens is 1. The SMILES string of the molecule is COC=Cc1cc(Br)cnc1C. The normalized spacial score (nSPS) is 10.6. The lowest BCUT2D eigenvalue weighted by molar-refractivity contribution is 0.341. The molecular weight excluding hydrogens is 218 g/mol. The number of ether oxygens (including phenoxy) is 1. The van der Waals surface area contributed by atoms with Crippen molar-refractivity contribution in [2.45, 2.75) is 6.92 Å². The Morgan fingerprint density at radius 2 is 2.33 bits per heavy atom. The third-order valence-electron chi connectivity index (χ3n) is 1.48. The molecule has 3 heteroatoms. The van der Waals surface area contributed by atoms with Gasteiger partial charge in [0.1, 0.15) is 0 Å². The first-order valence-corrected chi connectivity index (χ1v) is 4.35. The molecule has 0 saturated heterocycles. The summed E-state index contributed by atoms with van der Waals surface area (Å²) >= 11 is 3.35. The van der Waals surface area contributed by atoms with E-state index in [1.807, 2.05) is 19.1 Å². The molecule has 0 bridgehead atoms. The Morgan fingerprint density at radius 3 is 3.00 bits per heavy atom. The number of rotatable bonds is 2. The Kier molecular flexibility index (Phi) is 3.29. The first kappa shape index (κ1) is 9.26. The molecule has 0 unspecified atom stereocenters. The molecule has 0 aliphatic heterocycles. The lowest BCUT2D eigenvalue weighted by atomic mass is 10.2. The second kappa shape index (κ2) is 4.26. The number of hydrogen-bond donors (Lipinski definition) is 0. The molecular formula is C9H10BrNO. The van der Waals surface area contributed by atoms with Gasteiger partial charge in [-0.2, -0.15) is 0 Å². The van der Waals surface area contributed by atoms with Crippen molar-refractivity contribution in [3.8, 4) is 0 Å². The summed E-state index contributed by atoms with van der Waals surface area (Å²) in [6.07, 6.45) is 5.29. The monoisotopic (exact) mass is 227 g/mol. The van der Waals surface area contributed by atoms with Crippen molar-refractivity contribution in [1.82, 2.24) is 4.98 Å². The van der Waals surface area contributed by atoms with Crippen molar-refractivity contribution in [3.63, 3.8) is 0 Å². The van der Waals surface area contributed by atoms with Crippen LogP contribution in [0.1, 0.15) is 11.3 Å². The standard InChI is InChI=1S/C9H10BrNO/c1-7-8(3-4-12-2)5-9(10)6-11-7/h3-6H,1-2H3. The Balaban J connectivity index is 2.97. The highest BCUT2D eigenvalue weighted by Gasteiger charge is 1.95. The molecule has 1 rings (SSSR count). The molecule has 0 radical (unpaired) electrons. The maximum absolute atomic E-state index is 4.82. The van der Waals surface area contributed by atoms with Crippen LogP contribution in [0, 0.1) is 6.92 Å². The van der Waals surface area contributed by atoms with E-state index >= 15 is 0 Å². The van der Waals surface area contributed by atoms with Crippen LogP contribution in [0.25, 0.3) is 6.08 Å². The van der Waals surface area contributed by atoms with Crippen molar-refractivity contribution >= 4 is 22.0 Å². The molecule has 0 aliphatic rings. The number of hydrogen-bond acceptors (Lipinski definition) is 2. The van der Waals surface area contributed by atoms with Gasteiger partial charge in [-0.05, 0) is 40.6 Å². The van der Waals surface area contributed by atoms with E-state index in [-0.39, 0.29) is 0 Å². The quantitative estimate of drug-likeness (QED) is 0.726. The summed E-state index contributed by atoms with van der Waals surface area (Å²) in [5.74, 6) is 0. The highest BCUT2D eigenvalue weighted by molar-refractivity contribution is 9.10. The maximum Gasteiger partial charge on any atom is 0.0831 e. The molecule has 0 aromatic carbocycles. The van der Waals surface area contributed by atoms with Crippen LogP contribution in [0.3, 0.4) is 0 Å². The second-order valence-electron chi connectivity index (χ2n) is 2.37. The van der Waals surface area contributed by atoms with Gasteiger partial charge in [0, 0.05) is 16.4 Å². The Bertz CT molecular complexity index is 297. The fourth-order valence-corrected chi connectivity index (χ4v) is 1.18. The predicted molar refractivity (Wildman–Crippen MR) is 52.7 cm³/mol. The maximum atomic E-state index is 4.82. The van der Waals surface area contributed by atoms with Gasteiger partial charge in [0.2, 0.25) is 0 Å².